The lowest BCUT2D eigenvalue weighted by atomic mass is 9.95. The Bertz CT molecular complexity index is 1740. The van der Waals surface area contributed by atoms with Crippen molar-refractivity contribution in [3.8, 4) is 22.3 Å². The van der Waals surface area contributed by atoms with Crippen molar-refractivity contribution in [2.75, 3.05) is 26.3 Å². The van der Waals surface area contributed by atoms with E-state index in [1.807, 2.05) is 42.5 Å². The number of hydrogen-bond acceptors (Lipinski definition) is 4. The molecule has 4 N–H and O–H groups in total. The molecule has 1 unspecified atom stereocenters. The highest BCUT2D eigenvalue weighted by Gasteiger charge is 2.25. The minimum atomic E-state index is -0.525. The molecule has 1 atom stereocenters. The number of aromatic nitrogens is 1. The number of aliphatic hydroxyl groups is 1. The first-order chi connectivity index (χ1) is 18.9. The van der Waals surface area contributed by atoms with Crippen LogP contribution in [0, 0.1) is 6.92 Å². The monoisotopic (exact) mass is 519 g/mol. The summed E-state index contributed by atoms with van der Waals surface area (Å²) in [5.41, 5.74) is 13.4. The van der Waals surface area contributed by atoms with Crippen molar-refractivity contribution >= 4 is 33.6 Å². The third kappa shape index (κ3) is 4.67. The fourth-order valence-corrected chi connectivity index (χ4v) is 5.39. The van der Waals surface area contributed by atoms with Crippen LogP contribution in [0.15, 0.2) is 78.9 Å². The van der Waals surface area contributed by atoms with Gasteiger partial charge in [0.25, 0.3) is 11.8 Å². The molecule has 1 aliphatic rings. The number of primary amides is 1. The lowest BCUT2D eigenvalue weighted by molar-refractivity contribution is -0.0447. The van der Waals surface area contributed by atoms with E-state index in [1.165, 1.54) is 5.56 Å². The number of nitrogens with two attached hydrogens (primary N) is 1. The van der Waals surface area contributed by atoms with Crippen LogP contribution in [0.25, 0.3) is 44.1 Å². The van der Waals surface area contributed by atoms with Crippen molar-refractivity contribution in [1.29, 1.82) is 0 Å². The molecule has 1 aromatic heterocycles. The van der Waals surface area contributed by atoms with Gasteiger partial charge in [0.2, 0.25) is 0 Å². The Hall–Kier alpha value is -4.46. The van der Waals surface area contributed by atoms with Gasteiger partial charge in [0.15, 0.2) is 0 Å². The van der Waals surface area contributed by atoms with Crippen LogP contribution in [0.1, 0.15) is 26.3 Å². The average molecular weight is 520 g/mol. The maximum absolute atomic E-state index is 13.3. The zero-order chi connectivity index (χ0) is 27.1. The van der Waals surface area contributed by atoms with Crippen molar-refractivity contribution in [1.82, 2.24) is 9.88 Å². The highest BCUT2D eigenvalue weighted by molar-refractivity contribution is 6.17. The zero-order valence-corrected chi connectivity index (χ0v) is 21.6. The number of aryl methyl sites for hydroxylation is 1. The summed E-state index contributed by atoms with van der Waals surface area (Å²) < 4.78 is 5.50. The molecule has 7 heteroatoms. The van der Waals surface area contributed by atoms with E-state index in [-0.39, 0.29) is 18.6 Å². The molecule has 5 aromatic rings. The topological polar surface area (TPSA) is 109 Å². The smallest absolute Gasteiger partial charge is 0.254 e. The van der Waals surface area contributed by atoms with Crippen LogP contribution in [0.3, 0.4) is 0 Å². The molecule has 4 aromatic carbocycles. The molecular formula is C32H29N3O4. The summed E-state index contributed by atoms with van der Waals surface area (Å²) in [6.07, 6.45) is -0.379. The summed E-state index contributed by atoms with van der Waals surface area (Å²) >= 11 is 0. The number of ether oxygens (including phenoxy) is 1. The number of amides is 2. The first-order valence-corrected chi connectivity index (χ1v) is 13.0. The van der Waals surface area contributed by atoms with Crippen LogP contribution in [-0.4, -0.2) is 59.2 Å². The fourth-order valence-electron chi connectivity index (χ4n) is 5.39. The number of aliphatic hydroxyl groups excluding tert-OH is 1. The number of nitrogens with one attached hydrogen (secondary N) is 1. The number of fused-ring (bicyclic) bond motifs is 3. The number of rotatable bonds is 5. The van der Waals surface area contributed by atoms with Gasteiger partial charge < -0.3 is 25.5 Å². The van der Waals surface area contributed by atoms with Crippen LogP contribution in [0.4, 0.5) is 0 Å². The number of aromatic amines is 1. The zero-order valence-electron chi connectivity index (χ0n) is 21.6. The van der Waals surface area contributed by atoms with E-state index in [1.54, 1.807) is 11.0 Å². The molecule has 0 spiro atoms. The molecule has 2 amide bonds. The minimum absolute atomic E-state index is 0.120. The predicted octanol–water partition coefficient (Wildman–Crippen LogP) is 4.90. The molecule has 6 rings (SSSR count). The van der Waals surface area contributed by atoms with Crippen LogP contribution in [-0.2, 0) is 4.74 Å². The number of benzene rings is 4. The summed E-state index contributed by atoms with van der Waals surface area (Å²) in [6.45, 7) is 3.14. The number of nitrogens with zero attached hydrogens (tertiary/aromatic N) is 1. The summed E-state index contributed by atoms with van der Waals surface area (Å²) in [5, 5.41) is 11.1. The number of carbonyl (C=O) groups is 2. The highest BCUT2D eigenvalue weighted by atomic mass is 16.5. The SMILES string of the molecule is Cc1cccc(-c2cccc(-c3cc(C(N)=O)c4[nH]c5ccc(C(=O)N6CCOC(CO)C6)cc5c4c3)c2)c1. The highest BCUT2D eigenvalue weighted by Crippen LogP contribution is 2.35. The van der Waals surface area contributed by atoms with Crippen molar-refractivity contribution in [3.05, 3.63) is 95.6 Å². The van der Waals surface area contributed by atoms with Gasteiger partial charge in [-0.05, 0) is 65.6 Å². The first-order valence-electron chi connectivity index (χ1n) is 13.0. The normalized spacial score (nSPS) is 15.6. The Kier molecular flexibility index (Phi) is 6.38. The van der Waals surface area contributed by atoms with Crippen LogP contribution in [0.2, 0.25) is 0 Å². The van der Waals surface area contributed by atoms with E-state index >= 15 is 0 Å². The molecule has 0 radical (unpaired) electrons. The first kappa shape index (κ1) is 24.9. The average Bonchev–Trinajstić information content (AvgIpc) is 3.34. The van der Waals surface area contributed by atoms with Gasteiger partial charge in [0, 0.05) is 34.9 Å². The largest absolute Gasteiger partial charge is 0.394 e. The van der Waals surface area contributed by atoms with Gasteiger partial charge in [-0.2, -0.15) is 0 Å². The van der Waals surface area contributed by atoms with Crippen molar-refractivity contribution in [3.63, 3.8) is 0 Å². The molecule has 2 heterocycles. The van der Waals surface area contributed by atoms with Gasteiger partial charge in [0.1, 0.15) is 0 Å². The Morgan fingerprint density at radius 2 is 1.69 bits per heavy atom. The van der Waals surface area contributed by atoms with Crippen molar-refractivity contribution < 1.29 is 19.4 Å². The third-order valence-corrected chi connectivity index (χ3v) is 7.40. The fraction of sp³-hybridized carbons (Fsp3) is 0.188. The number of carbonyl (C=O) groups excluding carboxylic acids is 2. The van der Waals surface area contributed by atoms with E-state index in [9.17, 15) is 14.7 Å². The molecule has 196 valence electrons. The maximum Gasteiger partial charge on any atom is 0.254 e. The molecule has 1 aliphatic heterocycles. The molecule has 0 aliphatic carbocycles. The van der Waals surface area contributed by atoms with E-state index in [2.05, 4.69) is 42.2 Å². The van der Waals surface area contributed by atoms with Gasteiger partial charge in [-0.25, -0.2) is 0 Å². The van der Waals surface area contributed by atoms with Crippen molar-refractivity contribution in [2.45, 2.75) is 13.0 Å². The summed E-state index contributed by atoms with van der Waals surface area (Å²) in [4.78, 5) is 30.9. The van der Waals surface area contributed by atoms with Crippen LogP contribution in [0.5, 0.6) is 0 Å². The summed E-state index contributed by atoms with van der Waals surface area (Å²) in [7, 11) is 0. The maximum atomic E-state index is 13.3. The second-order valence-corrected chi connectivity index (χ2v) is 10.1. The number of H-pyrrole nitrogens is 1. The Labute approximate surface area is 225 Å². The molecule has 39 heavy (non-hydrogen) atoms. The Balaban J connectivity index is 1.46. The van der Waals surface area contributed by atoms with E-state index in [0.717, 1.165) is 38.5 Å². The lowest BCUT2D eigenvalue weighted by Gasteiger charge is -2.32. The second-order valence-electron chi connectivity index (χ2n) is 10.1. The Morgan fingerprint density at radius 3 is 2.44 bits per heavy atom. The predicted molar refractivity (Wildman–Crippen MR) is 153 cm³/mol. The van der Waals surface area contributed by atoms with Gasteiger partial charge in [-0.3, -0.25) is 9.59 Å². The standard InChI is InChI=1S/C32H29N3O4/c1-19-4-2-5-20(12-19)21-6-3-7-22(13-21)24-15-27-26-14-23(32(38)35-10-11-39-25(17-35)18-36)8-9-29(26)34-30(27)28(16-24)31(33)37/h2-9,12-16,25,34,36H,10-11,17-18H2,1H3,(H2,33,37). The molecule has 0 bridgehead atoms. The second kappa shape index (κ2) is 10.0. The lowest BCUT2D eigenvalue weighted by Crippen LogP contribution is -2.46. The molecule has 7 nitrogen and oxygen atoms in total. The van der Waals surface area contributed by atoms with E-state index < -0.39 is 5.91 Å². The van der Waals surface area contributed by atoms with Gasteiger partial charge in [-0.15, -0.1) is 0 Å². The number of morpholine rings is 1. The minimum Gasteiger partial charge on any atom is -0.394 e. The van der Waals surface area contributed by atoms with Gasteiger partial charge in [-0.1, -0.05) is 48.0 Å². The molecule has 0 saturated carbocycles. The summed E-state index contributed by atoms with van der Waals surface area (Å²) in [5.74, 6) is -0.645. The molecule has 1 fully saturated rings. The number of hydrogen-bond donors (Lipinski definition) is 3. The summed E-state index contributed by atoms with van der Waals surface area (Å²) in [6, 6.07) is 25.9. The third-order valence-electron chi connectivity index (χ3n) is 7.40. The van der Waals surface area contributed by atoms with E-state index in [0.29, 0.717) is 36.3 Å². The van der Waals surface area contributed by atoms with Gasteiger partial charge >= 0.3 is 0 Å². The molecular weight excluding hydrogens is 490 g/mol. The van der Waals surface area contributed by atoms with E-state index in [4.69, 9.17) is 10.5 Å². The quantitative estimate of drug-likeness (QED) is 0.307. The van der Waals surface area contributed by atoms with Crippen LogP contribution < -0.4 is 5.73 Å². The molecule has 1 saturated heterocycles. The van der Waals surface area contributed by atoms with Crippen LogP contribution >= 0.6 is 0 Å². The Morgan fingerprint density at radius 1 is 0.949 bits per heavy atom. The van der Waals surface area contributed by atoms with Gasteiger partial charge in [0.05, 0.1) is 30.4 Å². The van der Waals surface area contributed by atoms with Crippen molar-refractivity contribution in [2.24, 2.45) is 5.73 Å².